The third-order valence-electron chi connectivity index (χ3n) is 3.87. The fraction of sp³-hybridized carbons (Fsp3) is 0. The fourth-order valence-electron chi connectivity index (χ4n) is 2.39. The predicted octanol–water partition coefficient (Wildman–Crippen LogP) is 5.48. The van der Waals surface area contributed by atoms with Crippen LogP contribution < -0.4 is 10.9 Å². The van der Waals surface area contributed by atoms with Crippen molar-refractivity contribution in [1.82, 2.24) is 5.43 Å². The SMILES string of the molecule is O=C(N/N=C/c1c(F)cccc1Cl)c1cccc(N/N=C/c2c(F)cccc2Cl)c1. The van der Waals surface area contributed by atoms with E-state index in [4.69, 9.17) is 23.2 Å². The smallest absolute Gasteiger partial charge is 0.271 e. The Hall–Kier alpha value is -3.29. The maximum atomic E-state index is 13.7. The Morgan fingerprint density at radius 1 is 0.833 bits per heavy atom. The van der Waals surface area contributed by atoms with E-state index in [9.17, 15) is 13.6 Å². The van der Waals surface area contributed by atoms with Gasteiger partial charge in [0.2, 0.25) is 0 Å². The molecule has 3 aromatic rings. The van der Waals surface area contributed by atoms with Gasteiger partial charge in [-0.25, -0.2) is 14.2 Å². The van der Waals surface area contributed by atoms with Crippen LogP contribution >= 0.6 is 23.2 Å². The summed E-state index contributed by atoms with van der Waals surface area (Å²) in [4.78, 5) is 12.3. The van der Waals surface area contributed by atoms with Gasteiger partial charge in [0.1, 0.15) is 11.6 Å². The number of carbonyl (C=O) groups excluding carboxylic acids is 1. The van der Waals surface area contributed by atoms with Crippen molar-refractivity contribution in [3.8, 4) is 0 Å². The van der Waals surface area contributed by atoms with Gasteiger partial charge in [-0.1, -0.05) is 41.4 Å². The van der Waals surface area contributed by atoms with E-state index >= 15 is 0 Å². The highest BCUT2D eigenvalue weighted by Crippen LogP contribution is 2.18. The van der Waals surface area contributed by atoms with Gasteiger partial charge in [-0.15, -0.1) is 0 Å². The topological polar surface area (TPSA) is 65.8 Å². The molecule has 152 valence electrons. The fourth-order valence-corrected chi connectivity index (χ4v) is 2.81. The standard InChI is InChI=1S/C21H14Cl2F2N4O/c22-17-6-2-8-19(24)15(17)11-26-28-14-5-1-4-13(10-14)21(30)29-27-12-16-18(23)7-3-9-20(16)25/h1-12,28H,(H,29,30)/b26-11+,27-12+. The molecule has 0 spiro atoms. The maximum absolute atomic E-state index is 13.7. The van der Waals surface area contributed by atoms with E-state index in [1.54, 1.807) is 24.3 Å². The van der Waals surface area contributed by atoms with Crippen LogP contribution in [0.5, 0.6) is 0 Å². The van der Waals surface area contributed by atoms with Gasteiger partial charge in [-0.3, -0.25) is 10.2 Å². The Balaban J connectivity index is 1.65. The molecule has 0 aliphatic heterocycles. The molecule has 1 amide bonds. The second kappa shape index (κ2) is 9.96. The molecule has 0 aliphatic carbocycles. The zero-order valence-corrected chi connectivity index (χ0v) is 16.8. The summed E-state index contributed by atoms with van der Waals surface area (Å²) in [5.41, 5.74) is 5.96. The van der Waals surface area contributed by atoms with E-state index in [0.29, 0.717) is 5.69 Å². The first-order valence-corrected chi connectivity index (χ1v) is 9.32. The molecule has 0 saturated carbocycles. The number of hydrogen-bond acceptors (Lipinski definition) is 4. The van der Waals surface area contributed by atoms with Crippen LogP contribution in [0.15, 0.2) is 70.9 Å². The van der Waals surface area contributed by atoms with Gasteiger partial charge in [0.05, 0.1) is 28.2 Å². The highest BCUT2D eigenvalue weighted by molar-refractivity contribution is 6.33. The van der Waals surface area contributed by atoms with Crippen LogP contribution in [0.4, 0.5) is 14.5 Å². The van der Waals surface area contributed by atoms with Crippen LogP contribution in [-0.4, -0.2) is 18.3 Å². The lowest BCUT2D eigenvalue weighted by Gasteiger charge is -2.05. The number of rotatable bonds is 6. The molecule has 5 nitrogen and oxygen atoms in total. The minimum atomic E-state index is -0.556. The third kappa shape index (κ3) is 5.40. The largest absolute Gasteiger partial charge is 0.278 e. The molecule has 3 rings (SSSR count). The molecule has 0 fully saturated rings. The average molecular weight is 447 g/mol. The second-order valence-electron chi connectivity index (χ2n) is 5.92. The van der Waals surface area contributed by atoms with Crippen molar-refractivity contribution in [1.29, 1.82) is 0 Å². The minimum absolute atomic E-state index is 0.0658. The van der Waals surface area contributed by atoms with E-state index in [1.165, 1.54) is 42.6 Å². The summed E-state index contributed by atoms with van der Waals surface area (Å²) in [6.45, 7) is 0. The van der Waals surface area contributed by atoms with Crippen molar-refractivity contribution in [3.05, 3.63) is 99.0 Å². The molecule has 0 bridgehead atoms. The lowest BCUT2D eigenvalue weighted by molar-refractivity contribution is 0.0955. The number of nitrogens with one attached hydrogen (secondary N) is 2. The van der Waals surface area contributed by atoms with Crippen molar-refractivity contribution in [3.63, 3.8) is 0 Å². The first-order valence-electron chi connectivity index (χ1n) is 8.56. The highest BCUT2D eigenvalue weighted by atomic mass is 35.5. The van der Waals surface area contributed by atoms with Gasteiger partial charge < -0.3 is 0 Å². The van der Waals surface area contributed by atoms with Crippen LogP contribution in [-0.2, 0) is 0 Å². The molecule has 0 radical (unpaired) electrons. The number of nitrogens with zero attached hydrogens (tertiary/aromatic N) is 2. The summed E-state index contributed by atoms with van der Waals surface area (Å²) in [5.74, 6) is -1.59. The molecule has 0 heterocycles. The molecule has 0 aromatic heterocycles. The molecule has 0 atom stereocenters. The van der Waals surface area contributed by atoms with Crippen LogP contribution in [0.1, 0.15) is 21.5 Å². The third-order valence-corrected chi connectivity index (χ3v) is 4.53. The first-order chi connectivity index (χ1) is 14.5. The predicted molar refractivity (Wildman–Crippen MR) is 116 cm³/mol. The second-order valence-corrected chi connectivity index (χ2v) is 6.74. The number of carbonyl (C=O) groups is 1. The van der Waals surface area contributed by atoms with Gasteiger partial charge in [0, 0.05) is 16.7 Å². The van der Waals surface area contributed by atoms with E-state index in [1.807, 2.05) is 0 Å². The molecule has 0 saturated heterocycles. The number of amides is 1. The van der Waals surface area contributed by atoms with E-state index in [2.05, 4.69) is 21.1 Å². The van der Waals surface area contributed by atoms with Crippen molar-refractivity contribution in [2.75, 3.05) is 5.43 Å². The molecule has 9 heteroatoms. The van der Waals surface area contributed by atoms with Crippen LogP contribution in [0, 0.1) is 11.6 Å². The summed E-state index contributed by atoms with van der Waals surface area (Å²) in [6, 6.07) is 14.9. The Kier molecular flexibility index (Phi) is 7.11. The van der Waals surface area contributed by atoms with Crippen LogP contribution in [0.2, 0.25) is 10.0 Å². The van der Waals surface area contributed by atoms with E-state index in [0.717, 1.165) is 6.21 Å². The summed E-state index contributed by atoms with van der Waals surface area (Å²) in [5, 5.41) is 8.07. The maximum Gasteiger partial charge on any atom is 0.271 e. The normalized spacial score (nSPS) is 11.2. The van der Waals surface area contributed by atoms with Gasteiger partial charge in [0.25, 0.3) is 5.91 Å². The number of halogens is 4. The molecule has 0 unspecified atom stereocenters. The first kappa shape index (κ1) is 21.4. The van der Waals surface area contributed by atoms with Crippen LogP contribution in [0.3, 0.4) is 0 Å². The van der Waals surface area contributed by atoms with E-state index in [-0.39, 0.29) is 26.7 Å². The number of hydrazone groups is 2. The van der Waals surface area contributed by atoms with Gasteiger partial charge in [0.15, 0.2) is 0 Å². The molecular weight excluding hydrogens is 433 g/mol. The quantitative estimate of drug-likeness (QED) is 0.388. The summed E-state index contributed by atoms with van der Waals surface area (Å²) >= 11 is 11.8. The lowest BCUT2D eigenvalue weighted by Crippen LogP contribution is -2.17. The van der Waals surface area contributed by atoms with Crippen LogP contribution in [0.25, 0.3) is 0 Å². The molecule has 2 N–H and O–H groups in total. The Morgan fingerprint density at radius 2 is 1.40 bits per heavy atom. The van der Waals surface area contributed by atoms with Crippen molar-refractivity contribution < 1.29 is 13.6 Å². The number of benzene rings is 3. The van der Waals surface area contributed by atoms with E-state index < -0.39 is 17.5 Å². The zero-order chi connectivity index (χ0) is 21.5. The summed E-state index contributed by atoms with van der Waals surface area (Å²) in [6.07, 6.45) is 2.37. The van der Waals surface area contributed by atoms with Crippen molar-refractivity contribution in [2.45, 2.75) is 0 Å². The monoisotopic (exact) mass is 446 g/mol. The summed E-state index contributed by atoms with van der Waals surface area (Å²) in [7, 11) is 0. The van der Waals surface area contributed by atoms with Gasteiger partial charge in [-0.2, -0.15) is 10.2 Å². The molecule has 30 heavy (non-hydrogen) atoms. The number of hydrogen-bond donors (Lipinski definition) is 2. The minimum Gasteiger partial charge on any atom is -0.278 e. The van der Waals surface area contributed by atoms with Crippen molar-refractivity contribution >= 4 is 47.2 Å². The Morgan fingerprint density at radius 3 is 2.00 bits per heavy atom. The molecule has 3 aromatic carbocycles. The zero-order valence-electron chi connectivity index (χ0n) is 15.2. The Labute approximate surface area is 181 Å². The summed E-state index contributed by atoms with van der Waals surface area (Å²) < 4.78 is 27.4. The Bertz CT molecular complexity index is 1100. The number of anilines is 1. The lowest BCUT2D eigenvalue weighted by atomic mass is 10.2. The van der Waals surface area contributed by atoms with Gasteiger partial charge >= 0.3 is 0 Å². The highest BCUT2D eigenvalue weighted by Gasteiger charge is 2.07. The average Bonchev–Trinajstić information content (AvgIpc) is 2.72. The van der Waals surface area contributed by atoms with Gasteiger partial charge in [-0.05, 0) is 42.5 Å². The molecular formula is C21H14Cl2F2N4O. The molecule has 0 aliphatic rings. The van der Waals surface area contributed by atoms with Crippen molar-refractivity contribution in [2.24, 2.45) is 10.2 Å².